The molecular formula is C42H45Cl3N10O4. The van der Waals surface area contributed by atoms with Gasteiger partial charge in [-0.05, 0) is 75.9 Å². The van der Waals surface area contributed by atoms with E-state index in [-0.39, 0.29) is 5.97 Å². The molecule has 0 saturated heterocycles. The van der Waals surface area contributed by atoms with E-state index in [0.717, 1.165) is 88.4 Å². The number of imidazole rings is 2. The minimum Gasteiger partial charge on any atom is -0.461 e. The van der Waals surface area contributed by atoms with Gasteiger partial charge in [0.15, 0.2) is 11.4 Å². The van der Waals surface area contributed by atoms with Crippen LogP contribution in [0.25, 0.3) is 22.5 Å². The second-order valence-corrected chi connectivity index (χ2v) is 15.1. The molecule has 2 aliphatic heterocycles. The van der Waals surface area contributed by atoms with Gasteiger partial charge in [-0.1, -0.05) is 46.9 Å². The summed E-state index contributed by atoms with van der Waals surface area (Å²) in [6.45, 7) is 16.9. The van der Waals surface area contributed by atoms with Gasteiger partial charge in [0.25, 0.3) is 0 Å². The number of fused-ring (bicyclic) bond motifs is 2. The van der Waals surface area contributed by atoms with Crippen molar-refractivity contribution in [3.8, 4) is 22.5 Å². The molecular weight excluding hydrogens is 815 g/mol. The highest BCUT2D eigenvalue weighted by atomic mass is 35.5. The summed E-state index contributed by atoms with van der Waals surface area (Å²) in [7, 11) is 0. The van der Waals surface area contributed by atoms with Crippen LogP contribution in [0.5, 0.6) is 0 Å². The molecule has 6 aromatic heterocycles. The van der Waals surface area contributed by atoms with Crippen molar-refractivity contribution in [2.75, 3.05) is 31.2 Å². The van der Waals surface area contributed by atoms with E-state index in [4.69, 9.17) is 44.3 Å². The topological polar surface area (TPSA) is 155 Å². The fourth-order valence-electron chi connectivity index (χ4n) is 6.61. The molecule has 0 radical (unpaired) electrons. The van der Waals surface area contributed by atoms with Crippen molar-refractivity contribution in [2.45, 2.75) is 67.7 Å². The summed E-state index contributed by atoms with van der Waals surface area (Å²) in [6.07, 6.45) is 10.4. The third-order valence-corrected chi connectivity index (χ3v) is 10.2. The standard InChI is InChI=1S/C21H22ClN5O2.C12H10Cl2N2.C9H13N3O2/c1-4-29-21(28)17-11-26-5-6-27(12-19(26)25-17)18-8-15(16(22)10-23-18)20-14(3)7-13(2)9-24-20;1-7-3-8(2)12(16-5-7)9-4-11(14)15-6-10(9)13;1-2-14-9(13)7-6-12-4-3-10-5-8(12)11-7/h7-11H,4-6,12H2,1-3H3;3-6H,1-2H3;6,10H,2-5H2,1H3. The third kappa shape index (κ3) is 10.6. The van der Waals surface area contributed by atoms with E-state index in [0.29, 0.717) is 52.9 Å². The highest BCUT2D eigenvalue weighted by molar-refractivity contribution is 6.34. The second-order valence-electron chi connectivity index (χ2n) is 13.9. The number of aryl methyl sites for hydroxylation is 4. The monoisotopic (exact) mass is 858 g/mol. The van der Waals surface area contributed by atoms with Crippen LogP contribution in [0.1, 0.15) is 68.7 Å². The Kier molecular flexibility index (Phi) is 14.3. The largest absolute Gasteiger partial charge is 0.461 e. The minimum absolute atomic E-state index is 0.330. The first-order valence-corrected chi connectivity index (χ1v) is 20.2. The summed E-state index contributed by atoms with van der Waals surface area (Å²) in [5.74, 6) is 1.78. The number of hydrogen-bond acceptors (Lipinski definition) is 12. The minimum atomic E-state index is -0.395. The fraction of sp³-hybridized carbons (Fsp3) is 0.333. The number of aromatic nitrogens is 8. The van der Waals surface area contributed by atoms with Gasteiger partial charge in [0.2, 0.25) is 0 Å². The second kappa shape index (κ2) is 19.6. The Balaban J connectivity index is 0.000000164. The van der Waals surface area contributed by atoms with Gasteiger partial charge >= 0.3 is 11.9 Å². The van der Waals surface area contributed by atoms with Crippen LogP contribution in [0, 0.1) is 27.7 Å². The summed E-state index contributed by atoms with van der Waals surface area (Å²) in [6, 6.07) is 7.85. The maximum atomic E-state index is 12.0. The van der Waals surface area contributed by atoms with Crippen LogP contribution in [-0.2, 0) is 35.7 Å². The average molecular weight is 860 g/mol. The van der Waals surface area contributed by atoms with Gasteiger partial charge < -0.3 is 28.8 Å². The third-order valence-electron chi connectivity index (χ3n) is 9.37. The molecule has 0 saturated carbocycles. The van der Waals surface area contributed by atoms with Crippen LogP contribution in [0.4, 0.5) is 5.82 Å². The van der Waals surface area contributed by atoms with E-state index >= 15 is 0 Å². The van der Waals surface area contributed by atoms with Gasteiger partial charge in [0.1, 0.15) is 22.6 Å². The van der Waals surface area contributed by atoms with E-state index in [9.17, 15) is 9.59 Å². The highest BCUT2D eigenvalue weighted by Crippen LogP contribution is 2.33. The smallest absolute Gasteiger partial charge is 0.358 e. The average Bonchev–Trinajstić information content (AvgIpc) is 3.85. The Morgan fingerprint density at radius 2 is 1.22 bits per heavy atom. The summed E-state index contributed by atoms with van der Waals surface area (Å²) in [4.78, 5) is 51.5. The van der Waals surface area contributed by atoms with Gasteiger partial charge in [-0.25, -0.2) is 29.5 Å². The van der Waals surface area contributed by atoms with Crippen molar-refractivity contribution in [3.63, 3.8) is 0 Å². The number of anilines is 1. The molecule has 17 heteroatoms. The maximum absolute atomic E-state index is 12.0. The number of carbonyl (C=O) groups is 2. The van der Waals surface area contributed by atoms with Gasteiger partial charge in [0.05, 0.1) is 47.7 Å². The predicted molar refractivity (Wildman–Crippen MR) is 228 cm³/mol. The number of pyridine rings is 4. The number of ether oxygens (including phenoxy) is 2. The van der Waals surface area contributed by atoms with Crippen LogP contribution in [-0.4, -0.2) is 77.3 Å². The quantitative estimate of drug-likeness (QED) is 0.122. The molecule has 1 N–H and O–H groups in total. The lowest BCUT2D eigenvalue weighted by molar-refractivity contribution is 0.0510. The molecule has 0 aliphatic carbocycles. The molecule has 0 bridgehead atoms. The molecule has 14 nitrogen and oxygen atoms in total. The Morgan fingerprint density at radius 3 is 1.78 bits per heavy atom. The Hall–Kier alpha value is -5.41. The van der Waals surface area contributed by atoms with Crippen LogP contribution in [0.3, 0.4) is 0 Å². The maximum Gasteiger partial charge on any atom is 0.358 e. The molecule has 8 rings (SSSR count). The molecule has 8 heterocycles. The number of esters is 2. The van der Waals surface area contributed by atoms with Gasteiger partial charge in [-0.3, -0.25) is 9.97 Å². The summed E-state index contributed by atoms with van der Waals surface area (Å²) >= 11 is 18.4. The molecule has 0 fully saturated rings. The van der Waals surface area contributed by atoms with E-state index < -0.39 is 5.97 Å². The van der Waals surface area contributed by atoms with Crippen molar-refractivity contribution in [1.82, 2.24) is 44.4 Å². The zero-order valence-electron chi connectivity index (χ0n) is 33.7. The van der Waals surface area contributed by atoms with Crippen LogP contribution >= 0.6 is 34.8 Å². The predicted octanol–water partition coefficient (Wildman–Crippen LogP) is 8.04. The molecule has 2 aliphatic rings. The normalized spacial score (nSPS) is 12.9. The van der Waals surface area contributed by atoms with Crippen LogP contribution in [0.15, 0.2) is 61.4 Å². The van der Waals surface area contributed by atoms with E-state index in [1.807, 2.05) is 55.3 Å². The Morgan fingerprint density at radius 1 is 0.678 bits per heavy atom. The number of carbonyl (C=O) groups excluding carboxylic acids is 2. The zero-order valence-corrected chi connectivity index (χ0v) is 36.0. The lowest BCUT2D eigenvalue weighted by Crippen LogP contribution is -2.34. The number of halogens is 3. The zero-order chi connectivity index (χ0) is 42.2. The summed E-state index contributed by atoms with van der Waals surface area (Å²) in [5, 5.41) is 4.73. The van der Waals surface area contributed by atoms with Gasteiger partial charge in [-0.15, -0.1) is 0 Å². The van der Waals surface area contributed by atoms with E-state index in [2.05, 4.69) is 52.3 Å². The lowest BCUT2D eigenvalue weighted by Gasteiger charge is -2.29. The van der Waals surface area contributed by atoms with Crippen molar-refractivity contribution >= 4 is 52.6 Å². The molecule has 308 valence electrons. The number of rotatable bonds is 7. The molecule has 0 unspecified atom stereocenters. The first kappa shape index (κ1) is 43.2. The fourth-order valence-corrected chi connectivity index (χ4v) is 7.16. The van der Waals surface area contributed by atoms with Gasteiger partial charge in [-0.2, -0.15) is 0 Å². The number of nitrogens with zero attached hydrogens (tertiary/aromatic N) is 9. The lowest BCUT2D eigenvalue weighted by atomic mass is 10.1. The molecule has 0 atom stereocenters. The number of hydrogen-bond donors (Lipinski definition) is 1. The molecule has 0 aromatic carbocycles. The van der Waals surface area contributed by atoms with Crippen LogP contribution < -0.4 is 10.2 Å². The first-order valence-electron chi connectivity index (χ1n) is 19.1. The molecule has 59 heavy (non-hydrogen) atoms. The molecule has 6 aromatic rings. The van der Waals surface area contributed by atoms with Crippen LogP contribution in [0.2, 0.25) is 15.2 Å². The van der Waals surface area contributed by atoms with Crippen molar-refractivity contribution in [2.24, 2.45) is 0 Å². The van der Waals surface area contributed by atoms with Gasteiger partial charge in [0, 0.05) is 74.5 Å². The Bertz CT molecular complexity index is 2450. The summed E-state index contributed by atoms with van der Waals surface area (Å²) < 4.78 is 13.9. The number of nitrogens with one attached hydrogen (secondary N) is 1. The SMILES string of the molecule is CCOC(=O)c1cn2c(n1)CN(c1cc(-c3ncc(C)cc3C)c(Cl)cn1)CC2.CCOC(=O)c1cn2c(n1)CNCC2.Cc1cnc(-c2cc(Cl)ncc2Cl)c(C)c1. The Labute approximate surface area is 357 Å². The van der Waals surface area contributed by atoms with Crippen molar-refractivity contribution in [1.29, 1.82) is 0 Å². The summed E-state index contributed by atoms with van der Waals surface area (Å²) in [5.41, 5.74) is 8.50. The first-order chi connectivity index (χ1) is 28.3. The van der Waals surface area contributed by atoms with E-state index in [1.54, 1.807) is 44.7 Å². The molecule has 0 amide bonds. The van der Waals surface area contributed by atoms with Crippen molar-refractivity contribution in [3.05, 3.63) is 122 Å². The highest BCUT2D eigenvalue weighted by Gasteiger charge is 2.24. The van der Waals surface area contributed by atoms with E-state index in [1.165, 1.54) is 0 Å². The molecule has 0 spiro atoms. The van der Waals surface area contributed by atoms with Crippen molar-refractivity contribution < 1.29 is 19.1 Å².